The topological polar surface area (TPSA) is 110 Å². The lowest BCUT2D eigenvalue weighted by atomic mass is 9.83. The number of hydrogen-bond acceptors (Lipinski definition) is 6. The Labute approximate surface area is 142 Å². The minimum absolute atomic E-state index is 0. The minimum Gasteiger partial charge on any atom is -0.427 e. The molecule has 0 amide bonds. The van der Waals surface area contributed by atoms with Gasteiger partial charge < -0.3 is 15.8 Å². The molecular weight excluding hydrogens is 316 g/mol. The van der Waals surface area contributed by atoms with Crippen molar-refractivity contribution in [1.82, 2.24) is 20.2 Å². The van der Waals surface area contributed by atoms with E-state index in [9.17, 15) is 0 Å². The second-order valence-corrected chi connectivity index (χ2v) is 5.44. The summed E-state index contributed by atoms with van der Waals surface area (Å²) in [5.74, 6) is 0.654. The molecule has 0 aliphatic heterocycles. The van der Waals surface area contributed by atoms with Gasteiger partial charge in [0.25, 0.3) is 0 Å². The summed E-state index contributed by atoms with van der Waals surface area (Å²) in [7, 11) is -1.25. The first-order valence-corrected chi connectivity index (χ1v) is 7.54. The molecule has 126 valence electrons. The molecule has 0 bridgehead atoms. The lowest BCUT2D eigenvalue weighted by Crippen LogP contribution is -2.20. The number of tetrazole rings is 1. The highest BCUT2D eigenvalue weighted by Crippen LogP contribution is 2.22. The standard InChI is InChI=1S/C14H22BN5O2.ClH/c1-11(12-7-3-2-4-8-12)20-14(17-18-19-20)13(16)9-5-6-10-15(21)22;/h2-4,7-8,11,13,21-22H,5-6,9-10,16H2,1H3;1H. The van der Waals surface area contributed by atoms with Crippen LogP contribution in [0.1, 0.15) is 49.7 Å². The van der Waals surface area contributed by atoms with Gasteiger partial charge in [-0.15, -0.1) is 17.5 Å². The minimum atomic E-state index is -1.25. The van der Waals surface area contributed by atoms with Crippen molar-refractivity contribution in [3.8, 4) is 0 Å². The molecule has 0 saturated carbocycles. The molecule has 2 rings (SSSR count). The van der Waals surface area contributed by atoms with E-state index in [1.54, 1.807) is 4.68 Å². The van der Waals surface area contributed by atoms with E-state index in [2.05, 4.69) is 15.5 Å². The third-order valence-electron chi connectivity index (χ3n) is 3.73. The zero-order chi connectivity index (χ0) is 15.9. The third-order valence-corrected chi connectivity index (χ3v) is 3.73. The molecule has 0 aliphatic carbocycles. The van der Waals surface area contributed by atoms with Crippen LogP contribution in [-0.2, 0) is 0 Å². The lowest BCUT2D eigenvalue weighted by Gasteiger charge is -2.17. The number of halogens is 1. The Hall–Kier alpha value is -1.48. The molecule has 0 fully saturated rings. The maximum Gasteiger partial charge on any atom is 0.451 e. The van der Waals surface area contributed by atoms with E-state index >= 15 is 0 Å². The van der Waals surface area contributed by atoms with Crippen molar-refractivity contribution in [3.05, 3.63) is 41.7 Å². The second kappa shape index (κ2) is 9.62. The van der Waals surface area contributed by atoms with E-state index in [-0.39, 0.29) is 24.5 Å². The first-order valence-electron chi connectivity index (χ1n) is 7.54. The molecule has 1 aromatic heterocycles. The summed E-state index contributed by atoms with van der Waals surface area (Å²) in [5, 5.41) is 29.5. The smallest absolute Gasteiger partial charge is 0.427 e. The van der Waals surface area contributed by atoms with E-state index in [0.717, 1.165) is 12.0 Å². The molecule has 2 unspecified atom stereocenters. The molecule has 2 atom stereocenters. The number of nitrogens with two attached hydrogens (primary N) is 1. The van der Waals surface area contributed by atoms with Crippen LogP contribution < -0.4 is 5.73 Å². The van der Waals surface area contributed by atoms with Gasteiger partial charge in [0.2, 0.25) is 0 Å². The largest absolute Gasteiger partial charge is 0.451 e. The molecule has 0 radical (unpaired) electrons. The summed E-state index contributed by atoms with van der Waals surface area (Å²) in [5.41, 5.74) is 7.30. The molecular formula is C14H23BClN5O2. The van der Waals surface area contributed by atoms with Crippen LogP contribution in [-0.4, -0.2) is 37.4 Å². The van der Waals surface area contributed by atoms with Gasteiger partial charge in [-0.25, -0.2) is 4.68 Å². The maximum atomic E-state index is 8.83. The van der Waals surface area contributed by atoms with Crippen LogP contribution >= 0.6 is 12.4 Å². The summed E-state index contributed by atoms with van der Waals surface area (Å²) in [6.45, 7) is 2.03. The third kappa shape index (κ3) is 5.58. The number of aromatic nitrogens is 4. The molecule has 9 heteroatoms. The molecule has 4 N–H and O–H groups in total. The first-order chi connectivity index (χ1) is 10.6. The lowest BCUT2D eigenvalue weighted by molar-refractivity contribution is 0.400. The van der Waals surface area contributed by atoms with Gasteiger partial charge in [0.05, 0.1) is 12.1 Å². The van der Waals surface area contributed by atoms with Crippen LogP contribution in [0.3, 0.4) is 0 Å². The highest BCUT2D eigenvalue weighted by Gasteiger charge is 2.19. The average Bonchev–Trinajstić information content (AvgIpc) is 3.01. The van der Waals surface area contributed by atoms with Gasteiger partial charge >= 0.3 is 7.12 Å². The maximum absolute atomic E-state index is 8.83. The average molecular weight is 340 g/mol. The molecule has 0 spiro atoms. The predicted octanol–water partition coefficient (Wildman–Crippen LogP) is 1.35. The fraction of sp³-hybridized carbons (Fsp3) is 0.500. The van der Waals surface area contributed by atoms with E-state index in [1.807, 2.05) is 37.3 Å². The summed E-state index contributed by atoms with van der Waals surface area (Å²) < 4.78 is 1.75. The number of hydrogen-bond donors (Lipinski definition) is 3. The van der Waals surface area contributed by atoms with Crippen LogP contribution in [0.15, 0.2) is 30.3 Å². The highest BCUT2D eigenvalue weighted by molar-refractivity contribution is 6.40. The molecule has 7 nitrogen and oxygen atoms in total. The van der Waals surface area contributed by atoms with Gasteiger partial charge in [0.1, 0.15) is 0 Å². The van der Waals surface area contributed by atoms with Gasteiger partial charge in [-0.2, -0.15) is 0 Å². The Bertz CT molecular complexity index is 569. The first kappa shape index (κ1) is 19.6. The van der Waals surface area contributed by atoms with Gasteiger partial charge in [-0.3, -0.25) is 0 Å². The van der Waals surface area contributed by atoms with Gasteiger partial charge in [0.15, 0.2) is 5.82 Å². The summed E-state index contributed by atoms with van der Waals surface area (Å²) in [6, 6.07) is 9.74. The zero-order valence-electron chi connectivity index (χ0n) is 13.1. The van der Waals surface area contributed by atoms with Gasteiger partial charge in [-0.1, -0.05) is 43.2 Å². The SMILES string of the molecule is CC(c1ccccc1)n1nnnc1C(N)CCCCB(O)O.Cl. The number of rotatable bonds is 8. The molecule has 2 aromatic rings. The Morgan fingerprint density at radius 1 is 1.22 bits per heavy atom. The van der Waals surface area contributed by atoms with Crippen molar-refractivity contribution in [3.63, 3.8) is 0 Å². The van der Waals surface area contributed by atoms with Crippen molar-refractivity contribution < 1.29 is 10.0 Å². The van der Waals surface area contributed by atoms with Gasteiger partial charge in [0, 0.05) is 0 Å². The van der Waals surface area contributed by atoms with E-state index in [4.69, 9.17) is 15.8 Å². The number of nitrogens with zero attached hydrogens (tertiary/aromatic N) is 4. The number of benzene rings is 1. The molecule has 1 aromatic carbocycles. The normalized spacial score (nSPS) is 13.2. The fourth-order valence-corrected chi connectivity index (χ4v) is 2.41. The zero-order valence-corrected chi connectivity index (χ0v) is 13.9. The summed E-state index contributed by atoms with van der Waals surface area (Å²) >= 11 is 0. The Balaban J connectivity index is 0.00000264. The van der Waals surface area contributed by atoms with Crippen LogP contribution in [0.4, 0.5) is 0 Å². The molecule has 1 heterocycles. The molecule has 0 aliphatic rings. The van der Waals surface area contributed by atoms with E-state index in [0.29, 0.717) is 25.0 Å². The second-order valence-electron chi connectivity index (χ2n) is 5.44. The predicted molar refractivity (Wildman–Crippen MR) is 91.1 cm³/mol. The Kier molecular flexibility index (Phi) is 8.18. The molecule has 0 saturated heterocycles. The van der Waals surface area contributed by atoms with Crippen LogP contribution in [0, 0.1) is 0 Å². The van der Waals surface area contributed by atoms with Crippen LogP contribution in [0.25, 0.3) is 0 Å². The van der Waals surface area contributed by atoms with Crippen molar-refractivity contribution in [1.29, 1.82) is 0 Å². The van der Waals surface area contributed by atoms with E-state index in [1.165, 1.54) is 0 Å². The van der Waals surface area contributed by atoms with Crippen LogP contribution in [0.5, 0.6) is 0 Å². The van der Waals surface area contributed by atoms with Crippen LogP contribution in [0.2, 0.25) is 6.32 Å². The quantitative estimate of drug-likeness (QED) is 0.494. The van der Waals surface area contributed by atoms with E-state index < -0.39 is 7.12 Å². The van der Waals surface area contributed by atoms with Crippen molar-refractivity contribution >= 4 is 19.5 Å². The summed E-state index contributed by atoms with van der Waals surface area (Å²) in [4.78, 5) is 0. The molecule has 23 heavy (non-hydrogen) atoms. The van der Waals surface area contributed by atoms with Crippen molar-refractivity contribution in [2.24, 2.45) is 5.73 Å². The summed E-state index contributed by atoms with van der Waals surface area (Å²) in [6.07, 6.45) is 2.57. The van der Waals surface area contributed by atoms with Gasteiger partial charge in [-0.05, 0) is 35.7 Å². The fourth-order valence-electron chi connectivity index (χ4n) is 2.41. The van der Waals surface area contributed by atoms with Crippen molar-refractivity contribution in [2.75, 3.05) is 0 Å². The Morgan fingerprint density at radius 3 is 2.57 bits per heavy atom. The van der Waals surface area contributed by atoms with Crippen molar-refractivity contribution in [2.45, 2.75) is 44.6 Å². The monoisotopic (exact) mass is 339 g/mol. The Morgan fingerprint density at radius 2 is 1.91 bits per heavy atom. The highest BCUT2D eigenvalue weighted by atomic mass is 35.5. The number of unbranched alkanes of at least 4 members (excludes halogenated alkanes) is 1.